The van der Waals surface area contributed by atoms with Crippen molar-refractivity contribution in [1.82, 2.24) is 14.5 Å². The van der Waals surface area contributed by atoms with E-state index >= 15 is 0 Å². The van der Waals surface area contributed by atoms with Crippen LogP contribution < -0.4 is 4.90 Å². The molecule has 0 unspecified atom stereocenters. The molecule has 0 spiro atoms. The largest absolute Gasteiger partial charge is 0.444 e. The number of anilines is 1. The number of carbonyl (C=O) groups excluding carboxylic acids is 1. The molecule has 124 valence electrons. The molecule has 0 radical (unpaired) electrons. The van der Waals surface area contributed by atoms with Gasteiger partial charge in [-0.25, -0.2) is 9.78 Å². The quantitative estimate of drug-likeness (QED) is 0.811. The Morgan fingerprint density at radius 2 is 1.87 bits per heavy atom. The summed E-state index contributed by atoms with van der Waals surface area (Å²) in [6, 6.07) is 6.22. The molecule has 3 rings (SSSR count). The summed E-state index contributed by atoms with van der Waals surface area (Å²) in [5.41, 5.74) is 2.82. The first-order chi connectivity index (χ1) is 10.8. The highest BCUT2D eigenvalue weighted by Crippen LogP contribution is 2.26. The SMILES string of the molecule is Cn1cnc2c(N3CCN(C(=O)OC(C)(C)C)CC3)cccc21. The van der Waals surface area contributed by atoms with Gasteiger partial charge >= 0.3 is 6.09 Å². The van der Waals surface area contributed by atoms with E-state index in [1.54, 1.807) is 4.90 Å². The number of nitrogens with zero attached hydrogens (tertiary/aromatic N) is 4. The fraction of sp³-hybridized carbons (Fsp3) is 0.529. The van der Waals surface area contributed by atoms with E-state index in [0.717, 1.165) is 29.8 Å². The van der Waals surface area contributed by atoms with Gasteiger partial charge in [0.1, 0.15) is 11.1 Å². The maximum absolute atomic E-state index is 12.1. The number of piperazine rings is 1. The second-order valence-electron chi connectivity index (χ2n) is 6.95. The minimum atomic E-state index is -0.451. The zero-order valence-corrected chi connectivity index (χ0v) is 14.2. The Labute approximate surface area is 136 Å². The second-order valence-corrected chi connectivity index (χ2v) is 6.95. The van der Waals surface area contributed by atoms with E-state index in [4.69, 9.17) is 4.74 Å². The Hall–Kier alpha value is -2.24. The Balaban J connectivity index is 1.70. The van der Waals surface area contributed by atoms with E-state index in [9.17, 15) is 4.79 Å². The van der Waals surface area contributed by atoms with Crippen LogP contribution in [0.3, 0.4) is 0 Å². The first-order valence-electron chi connectivity index (χ1n) is 7.98. The van der Waals surface area contributed by atoms with Crippen molar-refractivity contribution < 1.29 is 9.53 Å². The molecule has 1 aromatic carbocycles. The van der Waals surface area contributed by atoms with E-state index in [-0.39, 0.29) is 6.09 Å². The van der Waals surface area contributed by atoms with Crippen molar-refractivity contribution in [2.75, 3.05) is 31.1 Å². The van der Waals surface area contributed by atoms with Gasteiger partial charge in [0.25, 0.3) is 0 Å². The van der Waals surface area contributed by atoms with Crippen LogP contribution in [-0.2, 0) is 11.8 Å². The zero-order valence-electron chi connectivity index (χ0n) is 14.2. The van der Waals surface area contributed by atoms with Gasteiger partial charge in [0, 0.05) is 33.2 Å². The predicted octanol–water partition coefficient (Wildman–Crippen LogP) is 2.63. The summed E-state index contributed by atoms with van der Waals surface area (Å²) in [5, 5.41) is 0. The van der Waals surface area contributed by atoms with E-state index in [0.29, 0.717) is 13.1 Å². The maximum atomic E-state index is 12.1. The van der Waals surface area contributed by atoms with Crippen molar-refractivity contribution in [3.05, 3.63) is 24.5 Å². The Morgan fingerprint density at radius 1 is 1.17 bits per heavy atom. The second kappa shape index (κ2) is 5.76. The number of amides is 1. The maximum Gasteiger partial charge on any atom is 0.410 e. The third-order valence-electron chi connectivity index (χ3n) is 4.01. The minimum Gasteiger partial charge on any atom is -0.444 e. The number of carbonyl (C=O) groups is 1. The number of hydrogen-bond donors (Lipinski definition) is 0. The van der Waals surface area contributed by atoms with Crippen molar-refractivity contribution in [2.24, 2.45) is 7.05 Å². The fourth-order valence-corrected chi connectivity index (χ4v) is 2.85. The number of benzene rings is 1. The van der Waals surface area contributed by atoms with Gasteiger partial charge < -0.3 is 19.1 Å². The van der Waals surface area contributed by atoms with Crippen LogP contribution in [0, 0.1) is 0 Å². The highest BCUT2D eigenvalue weighted by Gasteiger charge is 2.26. The van der Waals surface area contributed by atoms with Gasteiger partial charge in [0.05, 0.1) is 17.5 Å². The molecule has 1 aromatic heterocycles. The van der Waals surface area contributed by atoms with Crippen LogP contribution in [0.1, 0.15) is 20.8 Å². The number of imidazole rings is 1. The van der Waals surface area contributed by atoms with Crippen LogP contribution >= 0.6 is 0 Å². The Morgan fingerprint density at radius 3 is 2.52 bits per heavy atom. The third kappa shape index (κ3) is 3.25. The van der Waals surface area contributed by atoms with E-state index < -0.39 is 5.60 Å². The van der Waals surface area contributed by atoms with Gasteiger partial charge in [-0.15, -0.1) is 0 Å². The van der Waals surface area contributed by atoms with E-state index in [1.807, 2.05) is 38.7 Å². The third-order valence-corrected chi connectivity index (χ3v) is 4.01. The molecule has 0 aliphatic carbocycles. The van der Waals surface area contributed by atoms with Crippen LogP contribution in [0.4, 0.5) is 10.5 Å². The lowest BCUT2D eigenvalue weighted by Crippen LogP contribution is -2.50. The summed E-state index contributed by atoms with van der Waals surface area (Å²) in [6.07, 6.45) is 1.61. The number of ether oxygens (including phenoxy) is 1. The molecular formula is C17H24N4O2. The number of fused-ring (bicyclic) bond motifs is 1. The molecule has 1 aliphatic rings. The van der Waals surface area contributed by atoms with Crippen molar-refractivity contribution in [3.8, 4) is 0 Å². The molecule has 1 amide bonds. The molecule has 1 saturated heterocycles. The lowest BCUT2D eigenvalue weighted by molar-refractivity contribution is 0.0241. The fourth-order valence-electron chi connectivity index (χ4n) is 2.85. The predicted molar refractivity (Wildman–Crippen MR) is 90.7 cm³/mol. The number of rotatable bonds is 1. The van der Waals surface area contributed by atoms with Crippen LogP contribution in [-0.4, -0.2) is 52.3 Å². The highest BCUT2D eigenvalue weighted by molar-refractivity contribution is 5.89. The molecule has 1 fully saturated rings. The molecule has 6 nitrogen and oxygen atoms in total. The molecule has 0 bridgehead atoms. The first-order valence-corrected chi connectivity index (χ1v) is 7.98. The van der Waals surface area contributed by atoms with Crippen LogP contribution in [0.5, 0.6) is 0 Å². The Bertz CT molecular complexity index is 709. The lowest BCUT2D eigenvalue weighted by atomic mass is 10.2. The molecule has 0 N–H and O–H groups in total. The molecule has 0 atom stereocenters. The number of aryl methyl sites for hydroxylation is 1. The topological polar surface area (TPSA) is 50.6 Å². The average molecular weight is 316 g/mol. The van der Waals surface area contributed by atoms with Crippen molar-refractivity contribution in [1.29, 1.82) is 0 Å². The molecule has 1 aliphatic heterocycles. The number of aromatic nitrogens is 2. The van der Waals surface area contributed by atoms with Gasteiger partial charge in [0.15, 0.2) is 0 Å². The molecule has 0 saturated carbocycles. The van der Waals surface area contributed by atoms with Gasteiger partial charge in [-0.05, 0) is 32.9 Å². The number of para-hydroxylation sites is 1. The molecule has 6 heteroatoms. The smallest absolute Gasteiger partial charge is 0.410 e. The van der Waals surface area contributed by atoms with Gasteiger partial charge in [-0.2, -0.15) is 0 Å². The summed E-state index contributed by atoms with van der Waals surface area (Å²) in [5.74, 6) is 0. The van der Waals surface area contributed by atoms with Crippen molar-refractivity contribution in [2.45, 2.75) is 26.4 Å². The molecule has 2 aromatic rings. The summed E-state index contributed by atoms with van der Waals surface area (Å²) in [7, 11) is 2.00. The first kappa shape index (κ1) is 15.6. The van der Waals surface area contributed by atoms with Crippen molar-refractivity contribution >= 4 is 22.8 Å². The summed E-state index contributed by atoms with van der Waals surface area (Å²) >= 11 is 0. The average Bonchev–Trinajstić information content (AvgIpc) is 2.87. The van der Waals surface area contributed by atoms with Crippen LogP contribution in [0.25, 0.3) is 11.0 Å². The van der Waals surface area contributed by atoms with Gasteiger partial charge in [-0.3, -0.25) is 0 Å². The monoisotopic (exact) mass is 316 g/mol. The molecular weight excluding hydrogens is 292 g/mol. The van der Waals surface area contributed by atoms with Gasteiger partial charge in [0.2, 0.25) is 0 Å². The zero-order chi connectivity index (χ0) is 16.6. The highest BCUT2D eigenvalue weighted by atomic mass is 16.6. The number of hydrogen-bond acceptors (Lipinski definition) is 4. The van der Waals surface area contributed by atoms with E-state index in [1.165, 1.54) is 0 Å². The lowest BCUT2D eigenvalue weighted by Gasteiger charge is -2.36. The standard InChI is InChI=1S/C17H24N4O2/c1-17(2,3)23-16(22)21-10-8-20(9-11-21)14-7-5-6-13-15(14)18-12-19(13)4/h5-7,12H,8-11H2,1-4H3. The molecule has 2 heterocycles. The summed E-state index contributed by atoms with van der Waals surface area (Å²) < 4.78 is 7.47. The van der Waals surface area contributed by atoms with E-state index in [2.05, 4.69) is 28.1 Å². The molecule has 23 heavy (non-hydrogen) atoms. The summed E-state index contributed by atoms with van der Waals surface area (Å²) in [6.45, 7) is 8.58. The van der Waals surface area contributed by atoms with Crippen molar-refractivity contribution in [3.63, 3.8) is 0 Å². The summed E-state index contributed by atoms with van der Waals surface area (Å²) in [4.78, 5) is 20.7. The van der Waals surface area contributed by atoms with Gasteiger partial charge in [-0.1, -0.05) is 6.07 Å². The minimum absolute atomic E-state index is 0.229. The van der Waals surface area contributed by atoms with Crippen LogP contribution in [0.2, 0.25) is 0 Å². The van der Waals surface area contributed by atoms with Crippen LogP contribution in [0.15, 0.2) is 24.5 Å². The Kier molecular flexibility index (Phi) is 3.92. The normalized spacial score (nSPS) is 16.0.